The molecule has 3 atom stereocenters. The van der Waals surface area contributed by atoms with Gasteiger partial charge in [0.15, 0.2) is 0 Å². The molecule has 3 unspecified atom stereocenters. The van der Waals surface area contributed by atoms with E-state index in [0.717, 1.165) is 38.5 Å². The second kappa shape index (κ2) is 62.0. The smallest absolute Gasteiger partial charge is 0.391 e. The van der Waals surface area contributed by atoms with E-state index in [4.69, 9.17) is 9.05 Å². The summed E-state index contributed by atoms with van der Waals surface area (Å²) >= 11 is 0. The first-order valence-corrected chi connectivity index (χ1v) is 37.4. The number of nitrogens with zero attached hydrogens (tertiary/aromatic N) is 1. The van der Waals surface area contributed by atoms with Gasteiger partial charge < -0.3 is 19.8 Å². The van der Waals surface area contributed by atoms with Crippen LogP contribution in [0, 0.1) is 0 Å². The summed E-state index contributed by atoms with van der Waals surface area (Å²) in [5.41, 5.74) is 0. The Hall–Kier alpha value is -0.500. The fraction of sp³-hybridized carbons (Fsp3) is 0.986. The minimum absolute atomic E-state index is 0.0795. The van der Waals surface area contributed by atoms with Gasteiger partial charge in [-0.2, -0.15) is 0 Å². The largest absolute Gasteiger partial charge is 0.472 e. The number of carbonyl (C=O) groups excluding carboxylic acids is 1. The molecule has 0 bridgehead atoms. The number of amides is 1. The molecule has 3 N–H and O–H groups in total. The zero-order valence-electron chi connectivity index (χ0n) is 54.4. The Morgan fingerprint density at radius 3 is 0.848 bits per heavy atom. The van der Waals surface area contributed by atoms with Crippen molar-refractivity contribution in [2.24, 2.45) is 0 Å². The molecule has 0 aromatic carbocycles. The monoisotopic (exact) mass is 1140 g/mol. The number of phosphoric ester groups is 1. The van der Waals surface area contributed by atoms with E-state index < -0.39 is 20.0 Å². The Balaban J connectivity index is 3.97. The molecule has 0 spiro atoms. The van der Waals surface area contributed by atoms with Crippen LogP contribution in [0.4, 0.5) is 0 Å². The van der Waals surface area contributed by atoms with E-state index in [-0.39, 0.29) is 19.1 Å². The van der Waals surface area contributed by atoms with Crippen LogP contribution in [-0.2, 0) is 18.4 Å². The van der Waals surface area contributed by atoms with E-state index in [2.05, 4.69) is 19.2 Å². The van der Waals surface area contributed by atoms with Crippen LogP contribution >= 0.6 is 7.82 Å². The number of likely N-dealkylation sites (N-methyl/N-ethyl adjacent to an activating group) is 1. The van der Waals surface area contributed by atoms with E-state index in [1.54, 1.807) is 0 Å². The van der Waals surface area contributed by atoms with Crippen LogP contribution in [0.15, 0.2) is 0 Å². The van der Waals surface area contributed by atoms with Crippen LogP contribution in [0.5, 0.6) is 0 Å². The molecule has 79 heavy (non-hydrogen) atoms. The Kier molecular flexibility index (Phi) is 61.7. The third-order valence-electron chi connectivity index (χ3n) is 17.1. The van der Waals surface area contributed by atoms with Gasteiger partial charge in [0.25, 0.3) is 0 Å². The second-order valence-electron chi connectivity index (χ2n) is 26.3. The van der Waals surface area contributed by atoms with Crippen molar-refractivity contribution >= 4 is 13.7 Å². The van der Waals surface area contributed by atoms with E-state index in [9.17, 15) is 19.4 Å². The molecular weight excluding hydrogens is 996 g/mol. The number of phosphoric acid groups is 1. The molecule has 0 rings (SSSR count). The highest BCUT2D eigenvalue weighted by Gasteiger charge is 2.28. The van der Waals surface area contributed by atoms with Crippen LogP contribution in [0.3, 0.4) is 0 Å². The Labute approximate surface area is 495 Å². The summed E-state index contributed by atoms with van der Waals surface area (Å²) in [6, 6.07) is -0.757. The predicted molar refractivity (Wildman–Crippen MR) is 346 cm³/mol. The van der Waals surface area contributed by atoms with Gasteiger partial charge in [-0.25, -0.2) is 4.57 Å². The number of aliphatic hydroxyl groups is 1. The van der Waals surface area contributed by atoms with Gasteiger partial charge >= 0.3 is 7.82 Å². The molecule has 1 amide bonds. The van der Waals surface area contributed by atoms with E-state index >= 15 is 0 Å². The number of hydrogen-bond acceptors (Lipinski definition) is 5. The average Bonchev–Trinajstić information content (AvgIpc) is 3.42. The van der Waals surface area contributed by atoms with Gasteiger partial charge in [0.2, 0.25) is 5.91 Å². The number of unbranched alkanes of at least 4 members (excludes halogenated alkanes) is 55. The third-order valence-corrected chi connectivity index (χ3v) is 18.1. The number of carbonyl (C=O) groups is 1. The number of aliphatic hydroxyl groups excluding tert-OH is 1. The first-order chi connectivity index (χ1) is 38.5. The summed E-state index contributed by atoms with van der Waals surface area (Å²) in [4.78, 5) is 23.5. The Morgan fingerprint density at radius 1 is 0.380 bits per heavy atom. The molecule has 0 aliphatic rings. The predicted octanol–water partition coefficient (Wildman–Crippen LogP) is 22.7. The van der Waals surface area contributed by atoms with Crippen molar-refractivity contribution in [3.63, 3.8) is 0 Å². The summed E-state index contributed by atoms with van der Waals surface area (Å²) in [6.45, 7) is 4.97. The zero-order chi connectivity index (χ0) is 57.7. The molecule has 0 saturated carbocycles. The standard InChI is InChI=1S/C70H143N2O6P/c1-6-8-10-12-14-16-18-20-22-24-26-28-30-32-34-36-37-39-41-43-45-47-49-51-53-55-57-59-61-63-69(73)68(67-78-79(75,76)77-66-65-72(3,4)5)71-70(74)64-62-60-58-56-54-52-50-48-46-44-42-40-38-35-33-31-29-27-25-23-21-19-17-15-13-11-9-7-2/h68-69,73H,6-67H2,1-5H3,(H-,71,74,75,76)/p+1. The van der Waals surface area contributed by atoms with Gasteiger partial charge in [0, 0.05) is 6.42 Å². The third kappa shape index (κ3) is 64.9. The van der Waals surface area contributed by atoms with Gasteiger partial charge in [-0.3, -0.25) is 13.8 Å². The van der Waals surface area contributed by atoms with Crippen molar-refractivity contribution in [2.45, 2.75) is 405 Å². The summed E-state index contributed by atoms with van der Waals surface area (Å²) in [6.07, 6.45) is 77.9. The maximum absolute atomic E-state index is 13.1. The molecule has 0 radical (unpaired) electrons. The van der Waals surface area contributed by atoms with Crippen LogP contribution < -0.4 is 5.32 Å². The molecule has 474 valence electrons. The van der Waals surface area contributed by atoms with Gasteiger partial charge in [0.1, 0.15) is 13.2 Å². The number of rotatable bonds is 68. The highest BCUT2D eigenvalue weighted by atomic mass is 31.2. The SMILES string of the molecule is CCCCCCCCCCCCCCCCCCCCCCCCCCCCCCCC(O)C(COP(=O)(O)OCC[N+](C)(C)C)NC(=O)CCCCCCCCCCCCCCCCCCCCCCCCCCCCCC. The lowest BCUT2D eigenvalue weighted by molar-refractivity contribution is -0.870. The van der Waals surface area contributed by atoms with Gasteiger partial charge in [-0.15, -0.1) is 0 Å². The van der Waals surface area contributed by atoms with Gasteiger partial charge in [-0.1, -0.05) is 373 Å². The van der Waals surface area contributed by atoms with Crippen LogP contribution in [-0.4, -0.2) is 73.4 Å². The maximum Gasteiger partial charge on any atom is 0.472 e. The number of hydrogen-bond donors (Lipinski definition) is 3. The van der Waals surface area contributed by atoms with Crippen molar-refractivity contribution in [1.29, 1.82) is 0 Å². The van der Waals surface area contributed by atoms with Crippen LogP contribution in [0.2, 0.25) is 0 Å². The quantitative estimate of drug-likeness (QED) is 0.0318. The molecule has 0 aromatic rings. The maximum atomic E-state index is 13.1. The van der Waals surface area contributed by atoms with Crippen LogP contribution in [0.1, 0.15) is 393 Å². The topological polar surface area (TPSA) is 105 Å². The fourth-order valence-electron chi connectivity index (χ4n) is 11.5. The first kappa shape index (κ1) is 78.5. The molecule has 0 aromatic heterocycles. The molecule has 0 aliphatic heterocycles. The summed E-state index contributed by atoms with van der Waals surface area (Å²) in [5.74, 6) is -0.133. The molecule has 0 saturated heterocycles. The Morgan fingerprint density at radius 2 is 0.608 bits per heavy atom. The molecular formula is C70H144N2O6P+. The van der Waals surface area contributed by atoms with Gasteiger partial charge in [0.05, 0.1) is 39.9 Å². The second-order valence-corrected chi connectivity index (χ2v) is 27.8. The highest BCUT2D eigenvalue weighted by Crippen LogP contribution is 2.43. The van der Waals surface area contributed by atoms with Crippen molar-refractivity contribution in [2.75, 3.05) is 40.9 Å². The Bertz CT molecular complexity index is 1250. The minimum Gasteiger partial charge on any atom is -0.391 e. The fourth-order valence-corrected chi connectivity index (χ4v) is 12.3. The lowest BCUT2D eigenvalue weighted by Gasteiger charge is -2.26. The summed E-state index contributed by atoms with van der Waals surface area (Å²) in [7, 11) is 1.64. The molecule has 0 heterocycles. The zero-order valence-corrected chi connectivity index (χ0v) is 55.3. The van der Waals surface area contributed by atoms with Gasteiger partial charge in [-0.05, 0) is 12.8 Å². The molecule has 9 heteroatoms. The van der Waals surface area contributed by atoms with Crippen molar-refractivity contribution < 1.29 is 32.9 Å². The summed E-state index contributed by atoms with van der Waals surface area (Å²) < 4.78 is 23.9. The number of quaternary nitrogens is 1. The lowest BCUT2D eigenvalue weighted by Crippen LogP contribution is -2.46. The highest BCUT2D eigenvalue weighted by molar-refractivity contribution is 7.47. The first-order valence-electron chi connectivity index (χ1n) is 35.9. The van der Waals surface area contributed by atoms with E-state index in [1.165, 1.54) is 327 Å². The minimum atomic E-state index is -4.33. The normalized spacial score (nSPS) is 13.6. The van der Waals surface area contributed by atoms with Crippen molar-refractivity contribution in [3.05, 3.63) is 0 Å². The number of nitrogens with one attached hydrogen (secondary N) is 1. The summed E-state index contributed by atoms with van der Waals surface area (Å²) in [5, 5.41) is 14.2. The molecule has 8 nitrogen and oxygen atoms in total. The van der Waals surface area contributed by atoms with E-state index in [0.29, 0.717) is 23.9 Å². The van der Waals surface area contributed by atoms with E-state index in [1.807, 2.05) is 21.1 Å². The molecule has 0 fully saturated rings. The van der Waals surface area contributed by atoms with Crippen molar-refractivity contribution in [3.8, 4) is 0 Å². The lowest BCUT2D eigenvalue weighted by atomic mass is 10.0. The van der Waals surface area contributed by atoms with Crippen molar-refractivity contribution in [1.82, 2.24) is 5.32 Å². The molecule has 0 aliphatic carbocycles. The average molecular weight is 1140 g/mol. The van der Waals surface area contributed by atoms with Crippen LogP contribution in [0.25, 0.3) is 0 Å².